The summed E-state index contributed by atoms with van der Waals surface area (Å²) in [5.74, 6) is -0.773. The SMILES string of the molecule is CC.CC.CCS.CN(C(N)=O)C1N=C(C2C=CC=CC2)c2ccccc2N(CC(=O)NC(=O)O)C1=O. The Morgan fingerprint density at radius 3 is 2.30 bits per heavy atom. The van der Waals surface area contributed by atoms with Crippen molar-refractivity contribution in [3.05, 3.63) is 54.1 Å². The number of hydrogen-bond donors (Lipinski definition) is 4. The highest BCUT2D eigenvalue weighted by atomic mass is 32.1. The molecule has 1 aromatic rings. The summed E-state index contributed by atoms with van der Waals surface area (Å²) >= 11 is 3.79. The third-order valence-corrected chi connectivity index (χ3v) is 4.81. The summed E-state index contributed by atoms with van der Waals surface area (Å²) in [4.78, 5) is 54.8. The van der Waals surface area contributed by atoms with Crippen molar-refractivity contribution >= 4 is 48.0 Å². The monoisotopic (exact) mass is 533 g/mol. The Morgan fingerprint density at radius 2 is 1.78 bits per heavy atom. The molecular formula is C26H39N5O5S. The standard InChI is InChI=1S/C20H21N5O5.C2H6S.2C2H6/c1-24(19(21)28)17-18(27)25(11-15(26)22-20(29)30)14-10-6-5-9-13(14)16(23-17)12-7-3-2-4-8-12;1-2-3;2*1-2/h2-7,9-10,12,17H,8,11H2,1H3,(H2,21,28)(H,22,26)(H,29,30);3H,2H2,1H3;2*1-2H3. The van der Waals surface area contributed by atoms with Gasteiger partial charge in [0, 0.05) is 18.5 Å². The number of thiol groups is 1. The highest BCUT2D eigenvalue weighted by molar-refractivity contribution is 7.80. The molecule has 0 aromatic heterocycles. The van der Waals surface area contributed by atoms with Gasteiger partial charge in [-0.25, -0.2) is 9.59 Å². The van der Waals surface area contributed by atoms with Crippen LogP contribution in [0.3, 0.4) is 0 Å². The van der Waals surface area contributed by atoms with Gasteiger partial charge in [-0.05, 0) is 18.2 Å². The van der Waals surface area contributed by atoms with Gasteiger partial charge >= 0.3 is 12.1 Å². The Balaban J connectivity index is 0.00000169. The molecule has 204 valence electrons. The van der Waals surface area contributed by atoms with Crippen LogP contribution in [0.1, 0.15) is 46.6 Å². The van der Waals surface area contributed by atoms with Crippen molar-refractivity contribution < 1.29 is 24.3 Å². The van der Waals surface area contributed by atoms with Crippen molar-refractivity contribution in [1.82, 2.24) is 10.2 Å². The van der Waals surface area contributed by atoms with Crippen molar-refractivity contribution in [2.24, 2.45) is 16.6 Å². The number of nitrogens with one attached hydrogen (secondary N) is 1. The number of carbonyl (C=O) groups excluding carboxylic acids is 3. The molecular weight excluding hydrogens is 494 g/mol. The number of carboxylic acid groups (broad SMARTS) is 1. The molecule has 3 rings (SSSR count). The summed E-state index contributed by atoms with van der Waals surface area (Å²) in [6.45, 7) is 9.43. The van der Waals surface area contributed by atoms with E-state index in [9.17, 15) is 19.2 Å². The van der Waals surface area contributed by atoms with Gasteiger partial charge in [0.15, 0.2) is 0 Å². The number of nitrogens with zero attached hydrogens (tertiary/aromatic N) is 3. The molecule has 0 saturated carbocycles. The second-order valence-corrected chi connectivity index (χ2v) is 7.74. The van der Waals surface area contributed by atoms with Crippen LogP contribution in [-0.4, -0.2) is 65.2 Å². The first-order valence-electron chi connectivity index (χ1n) is 12.2. The normalized spacial score (nSPS) is 17.1. The number of para-hydroxylation sites is 1. The fourth-order valence-corrected chi connectivity index (χ4v) is 3.36. The first-order chi connectivity index (χ1) is 17.7. The molecule has 2 atom stereocenters. The maximum atomic E-state index is 13.3. The molecule has 1 heterocycles. The number of allylic oxidation sites excluding steroid dienone is 4. The zero-order chi connectivity index (χ0) is 28.5. The van der Waals surface area contributed by atoms with Crippen molar-refractivity contribution in [2.45, 2.75) is 47.2 Å². The van der Waals surface area contributed by atoms with Crippen LogP contribution < -0.4 is 16.0 Å². The lowest BCUT2D eigenvalue weighted by molar-refractivity contribution is -0.125. The van der Waals surface area contributed by atoms with Gasteiger partial charge in [-0.2, -0.15) is 12.6 Å². The van der Waals surface area contributed by atoms with Crippen molar-refractivity contribution in [1.29, 1.82) is 0 Å². The van der Waals surface area contributed by atoms with Crippen LogP contribution in [0.5, 0.6) is 0 Å². The largest absolute Gasteiger partial charge is 0.465 e. The molecule has 1 aromatic carbocycles. The first kappa shape index (κ1) is 33.4. The molecule has 10 nitrogen and oxygen atoms in total. The summed E-state index contributed by atoms with van der Waals surface area (Å²) in [6.07, 6.45) is 5.49. The lowest BCUT2D eigenvalue weighted by atomic mass is 9.90. The van der Waals surface area contributed by atoms with Crippen molar-refractivity contribution in [2.75, 3.05) is 24.2 Å². The molecule has 0 fully saturated rings. The van der Waals surface area contributed by atoms with Crippen LogP contribution in [0, 0.1) is 5.92 Å². The fraction of sp³-hybridized carbons (Fsp3) is 0.423. The van der Waals surface area contributed by atoms with Crippen LogP contribution in [0.25, 0.3) is 0 Å². The maximum Gasteiger partial charge on any atom is 0.411 e. The molecule has 2 unspecified atom stereocenters. The van der Waals surface area contributed by atoms with Crippen LogP contribution in [0.2, 0.25) is 0 Å². The van der Waals surface area contributed by atoms with Crippen LogP contribution in [0.15, 0.2) is 53.6 Å². The minimum absolute atomic E-state index is 0.152. The van der Waals surface area contributed by atoms with E-state index >= 15 is 0 Å². The quantitative estimate of drug-likeness (QED) is 0.431. The van der Waals surface area contributed by atoms with Gasteiger partial charge in [-0.1, -0.05) is 77.1 Å². The molecule has 0 saturated heterocycles. The van der Waals surface area contributed by atoms with Gasteiger partial charge in [0.25, 0.3) is 5.91 Å². The average molecular weight is 534 g/mol. The molecule has 5 amide bonds. The number of aliphatic imine (C=N–C) groups is 1. The third-order valence-electron chi connectivity index (χ3n) is 4.81. The van der Waals surface area contributed by atoms with Crippen LogP contribution >= 0.6 is 12.6 Å². The number of rotatable bonds is 4. The summed E-state index contributed by atoms with van der Waals surface area (Å²) in [7, 11) is 1.34. The summed E-state index contributed by atoms with van der Waals surface area (Å²) in [6, 6.07) is 6.01. The van der Waals surface area contributed by atoms with Gasteiger partial charge < -0.3 is 10.8 Å². The Kier molecular flexibility index (Phi) is 16.0. The van der Waals surface area contributed by atoms with Crippen molar-refractivity contribution in [3.63, 3.8) is 0 Å². The molecule has 0 spiro atoms. The second-order valence-electron chi connectivity index (χ2n) is 7.10. The molecule has 11 heteroatoms. The number of anilines is 1. The lowest BCUT2D eigenvalue weighted by Gasteiger charge is -2.27. The molecule has 0 bridgehead atoms. The number of nitrogens with two attached hydrogens (primary N) is 1. The summed E-state index contributed by atoms with van der Waals surface area (Å²) < 4.78 is 0. The molecule has 1 aliphatic heterocycles. The first-order valence-corrected chi connectivity index (χ1v) is 12.8. The minimum Gasteiger partial charge on any atom is -0.465 e. The van der Waals surface area contributed by atoms with E-state index in [0.29, 0.717) is 23.4 Å². The zero-order valence-corrected chi connectivity index (χ0v) is 23.2. The number of imide groups is 1. The number of carbonyl (C=O) groups is 4. The molecule has 2 aliphatic rings. The number of benzene rings is 1. The molecule has 37 heavy (non-hydrogen) atoms. The van der Waals surface area contributed by atoms with E-state index in [4.69, 9.17) is 10.8 Å². The number of fused-ring (bicyclic) bond motifs is 1. The van der Waals surface area contributed by atoms with E-state index < -0.39 is 36.6 Å². The number of hydrogen-bond acceptors (Lipinski definition) is 6. The number of amides is 5. The Bertz CT molecular complexity index is 1010. The van der Waals surface area contributed by atoms with E-state index in [1.807, 2.05) is 58.9 Å². The predicted octanol–water partition coefficient (Wildman–Crippen LogP) is 4.07. The van der Waals surface area contributed by atoms with E-state index in [0.717, 1.165) is 15.6 Å². The smallest absolute Gasteiger partial charge is 0.411 e. The maximum absolute atomic E-state index is 13.3. The van der Waals surface area contributed by atoms with Gasteiger partial charge in [-0.3, -0.25) is 29.7 Å². The van der Waals surface area contributed by atoms with Crippen LogP contribution in [0.4, 0.5) is 15.3 Å². The Hall–Kier alpha value is -3.60. The second kappa shape index (κ2) is 17.8. The fourth-order valence-electron chi connectivity index (χ4n) is 3.36. The number of urea groups is 1. The van der Waals surface area contributed by atoms with E-state index in [1.54, 1.807) is 29.6 Å². The number of benzodiazepines with no additional fused rings is 1. The van der Waals surface area contributed by atoms with E-state index in [-0.39, 0.29) is 5.92 Å². The molecule has 0 radical (unpaired) electrons. The Morgan fingerprint density at radius 1 is 1.19 bits per heavy atom. The highest BCUT2D eigenvalue weighted by Gasteiger charge is 2.37. The van der Waals surface area contributed by atoms with E-state index in [1.165, 1.54) is 7.05 Å². The predicted molar refractivity (Wildman–Crippen MR) is 151 cm³/mol. The van der Waals surface area contributed by atoms with Gasteiger partial charge in [0.2, 0.25) is 12.1 Å². The highest BCUT2D eigenvalue weighted by Crippen LogP contribution is 2.31. The van der Waals surface area contributed by atoms with Gasteiger partial charge in [0.1, 0.15) is 6.54 Å². The van der Waals surface area contributed by atoms with Crippen molar-refractivity contribution in [3.8, 4) is 0 Å². The Labute approximate surface area is 224 Å². The zero-order valence-electron chi connectivity index (χ0n) is 22.3. The number of likely N-dealkylation sites (N-methyl/N-ethyl adjacent to an activating group) is 1. The molecule has 1 aliphatic carbocycles. The lowest BCUT2D eigenvalue weighted by Crippen LogP contribution is -2.52. The minimum atomic E-state index is -1.53. The number of primary amides is 1. The summed E-state index contributed by atoms with van der Waals surface area (Å²) in [5, 5.41) is 10.5. The third kappa shape index (κ3) is 9.76. The van der Waals surface area contributed by atoms with Gasteiger partial charge in [0.05, 0.1) is 11.4 Å². The van der Waals surface area contributed by atoms with E-state index in [2.05, 4.69) is 17.6 Å². The summed E-state index contributed by atoms with van der Waals surface area (Å²) in [5.41, 5.74) is 6.96. The van der Waals surface area contributed by atoms with Crippen LogP contribution in [-0.2, 0) is 9.59 Å². The average Bonchev–Trinajstić information content (AvgIpc) is 3.01. The topological polar surface area (TPSA) is 145 Å². The van der Waals surface area contributed by atoms with Gasteiger partial charge in [-0.15, -0.1) is 0 Å². The molecule has 4 N–H and O–H groups in total.